The summed E-state index contributed by atoms with van der Waals surface area (Å²) in [5, 5.41) is 0.570. The molecular formula is C26H20BrClN2O5. The van der Waals surface area contributed by atoms with Crippen molar-refractivity contribution >= 4 is 50.9 Å². The third kappa shape index (κ3) is 4.90. The molecule has 1 unspecified atom stereocenters. The number of imide groups is 1. The van der Waals surface area contributed by atoms with E-state index in [9.17, 15) is 14.4 Å². The van der Waals surface area contributed by atoms with Gasteiger partial charge in [-0.05, 0) is 59.7 Å². The van der Waals surface area contributed by atoms with Crippen molar-refractivity contribution in [2.24, 2.45) is 0 Å². The van der Waals surface area contributed by atoms with Crippen LogP contribution in [0, 0.1) is 0 Å². The Labute approximate surface area is 215 Å². The molecule has 0 aliphatic carbocycles. The second-order valence-electron chi connectivity index (χ2n) is 8.28. The smallest absolute Gasteiger partial charge is 0.257 e. The first-order valence-electron chi connectivity index (χ1n) is 10.9. The van der Waals surface area contributed by atoms with Crippen LogP contribution in [0.15, 0.2) is 71.2 Å². The highest BCUT2D eigenvalue weighted by Gasteiger charge is 2.44. The molecule has 0 spiro atoms. The van der Waals surface area contributed by atoms with Gasteiger partial charge < -0.3 is 14.4 Å². The average Bonchev–Trinajstić information content (AvgIpc) is 3.43. The molecule has 0 bridgehead atoms. The lowest BCUT2D eigenvalue weighted by Gasteiger charge is -2.28. The summed E-state index contributed by atoms with van der Waals surface area (Å²) in [5.74, 6) is 0.160. The Morgan fingerprint density at radius 3 is 2.40 bits per heavy atom. The zero-order chi connectivity index (χ0) is 24.5. The summed E-state index contributed by atoms with van der Waals surface area (Å²) >= 11 is 9.34. The van der Waals surface area contributed by atoms with E-state index in [4.69, 9.17) is 21.1 Å². The predicted octanol–water partition coefficient (Wildman–Crippen LogP) is 4.73. The molecule has 178 valence electrons. The summed E-state index contributed by atoms with van der Waals surface area (Å²) in [4.78, 5) is 42.5. The van der Waals surface area contributed by atoms with E-state index in [0.717, 1.165) is 20.5 Å². The highest BCUT2D eigenvalue weighted by Crippen LogP contribution is 2.34. The third-order valence-corrected chi connectivity index (χ3v) is 6.74. The van der Waals surface area contributed by atoms with E-state index in [1.807, 2.05) is 6.07 Å². The number of rotatable bonds is 6. The van der Waals surface area contributed by atoms with Gasteiger partial charge in [0.15, 0.2) is 11.5 Å². The molecule has 0 aromatic heterocycles. The second kappa shape index (κ2) is 9.71. The van der Waals surface area contributed by atoms with Gasteiger partial charge in [-0.3, -0.25) is 14.4 Å². The molecule has 0 saturated carbocycles. The highest BCUT2D eigenvalue weighted by molar-refractivity contribution is 9.10. The first kappa shape index (κ1) is 23.4. The molecule has 2 heterocycles. The van der Waals surface area contributed by atoms with Crippen LogP contribution in [0.1, 0.15) is 17.5 Å². The van der Waals surface area contributed by atoms with Gasteiger partial charge in [0.1, 0.15) is 6.04 Å². The zero-order valence-corrected chi connectivity index (χ0v) is 20.8. The number of hydrogen-bond acceptors (Lipinski definition) is 5. The summed E-state index contributed by atoms with van der Waals surface area (Å²) in [6.45, 7) is 0.274. The van der Waals surface area contributed by atoms with E-state index in [0.29, 0.717) is 22.2 Å². The Morgan fingerprint density at radius 2 is 1.66 bits per heavy atom. The number of nitrogens with zero attached hydrogens (tertiary/aromatic N) is 2. The van der Waals surface area contributed by atoms with Gasteiger partial charge in [-0.25, -0.2) is 4.90 Å². The van der Waals surface area contributed by atoms with Crippen LogP contribution in [0.3, 0.4) is 0 Å². The fourth-order valence-electron chi connectivity index (χ4n) is 4.21. The number of carbonyl (C=O) groups is 3. The van der Waals surface area contributed by atoms with Crippen LogP contribution < -0.4 is 14.4 Å². The number of carbonyl (C=O) groups excluding carboxylic acids is 3. The Kier molecular flexibility index (Phi) is 6.49. The molecule has 3 aromatic carbocycles. The lowest BCUT2D eigenvalue weighted by Crippen LogP contribution is -2.45. The maximum Gasteiger partial charge on any atom is 0.257 e. The summed E-state index contributed by atoms with van der Waals surface area (Å²) in [6, 6.07) is 18.4. The van der Waals surface area contributed by atoms with Crippen molar-refractivity contribution in [3.8, 4) is 11.5 Å². The van der Waals surface area contributed by atoms with E-state index < -0.39 is 11.9 Å². The van der Waals surface area contributed by atoms with Crippen LogP contribution in [0.5, 0.6) is 11.5 Å². The van der Waals surface area contributed by atoms with Gasteiger partial charge >= 0.3 is 0 Å². The minimum Gasteiger partial charge on any atom is -0.454 e. The van der Waals surface area contributed by atoms with E-state index >= 15 is 0 Å². The number of anilines is 1. The standard InChI is InChI=1S/C26H20BrClN2O5/c27-18-4-8-20(9-5-18)30-25(32)13-21(26(30)33)29(24(31)12-16-1-6-19(28)7-2-16)14-17-3-10-22-23(11-17)35-15-34-22/h1-11,21H,12-15H2. The van der Waals surface area contributed by atoms with Gasteiger partial charge in [0, 0.05) is 16.0 Å². The average molecular weight is 556 g/mol. The molecule has 3 aromatic rings. The van der Waals surface area contributed by atoms with Crippen molar-refractivity contribution in [2.75, 3.05) is 11.7 Å². The summed E-state index contributed by atoms with van der Waals surface area (Å²) in [5.41, 5.74) is 2.00. The molecule has 5 rings (SSSR count). The predicted molar refractivity (Wildman–Crippen MR) is 133 cm³/mol. The number of hydrogen-bond donors (Lipinski definition) is 0. The van der Waals surface area contributed by atoms with E-state index in [1.165, 1.54) is 4.90 Å². The normalized spacial score (nSPS) is 16.6. The van der Waals surface area contributed by atoms with Gasteiger partial charge in [-0.1, -0.05) is 45.7 Å². The van der Waals surface area contributed by atoms with Crippen molar-refractivity contribution in [3.63, 3.8) is 0 Å². The molecule has 35 heavy (non-hydrogen) atoms. The molecule has 7 nitrogen and oxygen atoms in total. The minimum atomic E-state index is -0.920. The Hall–Kier alpha value is -3.36. The van der Waals surface area contributed by atoms with Crippen molar-refractivity contribution in [1.29, 1.82) is 0 Å². The Balaban J connectivity index is 1.44. The fourth-order valence-corrected chi connectivity index (χ4v) is 4.60. The van der Waals surface area contributed by atoms with Crippen LogP contribution in [-0.4, -0.2) is 35.5 Å². The molecule has 2 aliphatic heterocycles. The second-order valence-corrected chi connectivity index (χ2v) is 9.63. The van der Waals surface area contributed by atoms with Crippen molar-refractivity contribution < 1.29 is 23.9 Å². The largest absolute Gasteiger partial charge is 0.454 e. The molecule has 3 amide bonds. The molecule has 1 fully saturated rings. The van der Waals surface area contributed by atoms with Gasteiger partial charge in [-0.2, -0.15) is 0 Å². The van der Waals surface area contributed by atoms with Crippen LogP contribution in [0.2, 0.25) is 5.02 Å². The van der Waals surface area contributed by atoms with Crippen LogP contribution in [-0.2, 0) is 27.3 Å². The van der Waals surface area contributed by atoms with Crippen molar-refractivity contribution in [3.05, 3.63) is 87.4 Å². The maximum absolute atomic E-state index is 13.5. The molecule has 0 N–H and O–H groups in total. The third-order valence-electron chi connectivity index (χ3n) is 5.96. The lowest BCUT2D eigenvalue weighted by atomic mass is 10.1. The lowest BCUT2D eigenvalue weighted by molar-refractivity contribution is -0.138. The van der Waals surface area contributed by atoms with Crippen LogP contribution >= 0.6 is 27.5 Å². The summed E-state index contributed by atoms with van der Waals surface area (Å²) in [7, 11) is 0. The van der Waals surface area contributed by atoms with Crippen molar-refractivity contribution in [1.82, 2.24) is 4.90 Å². The monoisotopic (exact) mass is 554 g/mol. The molecular weight excluding hydrogens is 536 g/mol. The molecule has 0 radical (unpaired) electrons. The molecule has 1 atom stereocenters. The summed E-state index contributed by atoms with van der Waals surface area (Å²) in [6.07, 6.45) is -0.0240. The topological polar surface area (TPSA) is 76.1 Å². The molecule has 2 aliphatic rings. The number of benzene rings is 3. The van der Waals surface area contributed by atoms with Gasteiger partial charge in [-0.15, -0.1) is 0 Å². The Bertz CT molecular complexity index is 1300. The maximum atomic E-state index is 13.5. The van der Waals surface area contributed by atoms with Crippen LogP contribution in [0.4, 0.5) is 5.69 Å². The van der Waals surface area contributed by atoms with Crippen molar-refractivity contribution in [2.45, 2.75) is 25.4 Å². The zero-order valence-electron chi connectivity index (χ0n) is 18.4. The number of halogens is 2. The molecule has 9 heteroatoms. The van der Waals surface area contributed by atoms with Gasteiger partial charge in [0.05, 0.1) is 18.5 Å². The highest BCUT2D eigenvalue weighted by atomic mass is 79.9. The first-order valence-corrected chi connectivity index (χ1v) is 12.1. The number of amides is 3. The number of fused-ring (bicyclic) bond motifs is 1. The van der Waals surface area contributed by atoms with Gasteiger partial charge in [0.2, 0.25) is 18.6 Å². The minimum absolute atomic E-state index is 0.0674. The molecule has 1 saturated heterocycles. The fraction of sp³-hybridized carbons (Fsp3) is 0.192. The van der Waals surface area contributed by atoms with Crippen LogP contribution in [0.25, 0.3) is 0 Å². The summed E-state index contributed by atoms with van der Waals surface area (Å²) < 4.78 is 11.7. The van der Waals surface area contributed by atoms with E-state index in [2.05, 4.69) is 15.9 Å². The number of ether oxygens (including phenoxy) is 2. The van der Waals surface area contributed by atoms with Gasteiger partial charge in [0.25, 0.3) is 5.91 Å². The first-order chi connectivity index (χ1) is 16.9. The quantitative estimate of drug-likeness (QED) is 0.411. The van der Waals surface area contributed by atoms with E-state index in [1.54, 1.807) is 60.7 Å². The Morgan fingerprint density at radius 1 is 0.971 bits per heavy atom. The SMILES string of the molecule is O=C1CC(N(Cc2ccc3c(c2)OCO3)C(=O)Cc2ccc(Cl)cc2)C(=O)N1c1ccc(Br)cc1. The van der Waals surface area contributed by atoms with E-state index in [-0.39, 0.29) is 38.0 Å².